The van der Waals surface area contributed by atoms with Crippen molar-refractivity contribution in [3.8, 4) is 6.07 Å². The van der Waals surface area contributed by atoms with E-state index in [4.69, 9.17) is 5.26 Å². The summed E-state index contributed by atoms with van der Waals surface area (Å²) in [5.74, 6) is -0.246. The van der Waals surface area contributed by atoms with Gasteiger partial charge < -0.3 is 0 Å². The van der Waals surface area contributed by atoms with Crippen LogP contribution >= 0.6 is 11.3 Å². The van der Waals surface area contributed by atoms with Crippen LogP contribution in [0.2, 0.25) is 0 Å². The van der Waals surface area contributed by atoms with Crippen molar-refractivity contribution in [3.05, 3.63) is 47.1 Å². The molecule has 0 saturated carbocycles. The molecule has 1 nitrogen and oxygen atoms in total. The highest BCUT2D eigenvalue weighted by Gasteiger charge is 2.07. The van der Waals surface area contributed by atoms with Crippen LogP contribution in [0.4, 0.5) is 4.39 Å². The average Bonchev–Trinajstić information content (AvgIpc) is 2.77. The number of benzene rings is 2. The fourth-order valence-corrected chi connectivity index (χ4v) is 2.80. The maximum Gasteiger partial charge on any atom is 0.123 e. The first-order chi connectivity index (χ1) is 7.79. The topological polar surface area (TPSA) is 23.8 Å². The van der Waals surface area contributed by atoms with E-state index in [0.717, 1.165) is 20.9 Å². The fourth-order valence-electron chi connectivity index (χ4n) is 1.92. The van der Waals surface area contributed by atoms with Gasteiger partial charge in [-0.1, -0.05) is 6.07 Å². The number of rotatable bonds is 0. The summed E-state index contributed by atoms with van der Waals surface area (Å²) < 4.78 is 14.1. The van der Waals surface area contributed by atoms with Gasteiger partial charge in [0.15, 0.2) is 0 Å². The van der Waals surface area contributed by atoms with Gasteiger partial charge in [0, 0.05) is 5.39 Å². The normalized spacial score (nSPS) is 10.8. The molecule has 0 spiro atoms. The largest absolute Gasteiger partial charge is 0.207 e. The molecule has 3 aromatic rings. The lowest BCUT2D eigenvalue weighted by atomic mass is 10.0. The van der Waals surface area contributed by atoms with Crippen molar-refractivity contribution >= 4 is 32.2 Å². The van der Waals surface area contributed by atoms with Gasteiger partial charge in [0.05, 0.1) is 10.3 Å². The van der Waals surface area contributed by atoms with Crippen molar-refractivity contribution < 1.29 is 4.39 Å². The Morgan fingerprint density at radius 1 is 1.12 bits per heavy atom. The molecule has 2 aromatic carbocycles. The Morgan fingerprint density at radius 2 is 2.00 bits per heavy atom. The van der Waals surface area contributed by atoms with E-state index < -0.39 is 0 Å². The number of hydrogen-bond donors (Lipinski definition) is 0. The Morgan fingerprint density at radius 3 is 2.81 bits per heavy atom. The van der Waals surface area contributed by atoms with Gasteiger partial charge in [-0.25, -0.2) is 4.39 Å². The molecule has 76 valence electrons. The van der Waals surface area contributed by atoms with Gasteiger partial charge in [0.25, 0.3) is 0 Å². The molecule has 1 aromatic heterocycles. The van der Waals surface area contributed by atoms with Crippen LogP contribution in [-0.2, 0) is 0 Å². The Hall–Kier alpha value is -1.92. The van der Waals surface area contributed by atoms with E-state index in [1.54, 1.807) is 6.07 Å². The zero-order valence-corrected chi connectivity index (χ0v) is 9.01. The van der Waals surface area contributed by atoms with Crippen LogP contribution in [-0.4, -0.2) is 0 Å². The maximum absolute atomic E-state index is 13.2. The first kappa shape index (κ1) is 9.32. The first-order valence-electron chi connectivity index (χ1n) is 4.79. The molecule has 0 N–H and O–H groups in total. The zero-order valence-electron chi connectivity index (χ0n) is 8.20. The molecule has 0 aliphatic heterocycles. The molecule has 0 unspecified atom stereocenters. The van der Waals surface area contributed by atoms with Crippen LogP contribution in [0.25, 0.3) is 20.9 Å². The van der Waals surface area contributed by atoms with Gasteiger partial charge in [0.2, 0.25) is 0 Å². The van der Waals surface area contributed by atoms with E-state index in [-0.39, 0.29) is 5.82 Å². The van der Waals surface area contributed by atoms with Crippen LogP contribution < -0.4 is 0 Å². The van der Waals surface area contributed by atoms with Gasteiger partial charge >= 0.3 is 0 Å². The monoisotopic (exact) mass is 227 g/mol. The lowest BCUT2D eigenvalue weighted by Gasteiger charge is -2.01. The minimum absolute atomic E-state index is 0.246. The highest BCUT2D eigenvalue weighted by Crippen LogP contribution is 2.32. The van der Waals surface area contributed by atoms with Crippen LogP contribution in [0.5, 0.6) is 0 Å². The van der Waals surface area contributed by atoms with E-state index in [0.29, 0.717) is 5.56 Å². The second kappa shape index (κ2) is 3.29. The smallest absolute Gasteiger partial charge is 0.123 e. The van der Waals surface area contributed by atoms with Crippen LogP contribution in [0.3, 0.4) is 0 Å². The molecule has 0 aliphatic carbocycles. The molecule has 3 rings (SSSR count). The van der Waals surface area contributed by atoms with Crippen molar-refractivity contribution in [2.24, 2.45) is 0 Å². The molecule has 0 fully saturated rings. The van der Waals surface area contributed by atoms with Gasteiger partial charge in [-0.3, -0.25) is 0 Å². The van der Waals surface area contributed by atoms with Crippen molar-refractivity contribution in [1.29, 1.82) is 5.26 Å². The third-order valence-electron chi connectivity index (χ3n) is 2.64. The SMILES string of the molecule is N#Cc1cc2ccc(F)cc2c2ccsc12. The van der Waals surface area contributed by atoms with Gasteiger partial charge in [-0.2, -0.15) is 5.26 Å². The van der Waals surface area contributed by atoms with Crippen molar-refractivity contribution in [2.75, 3.05) is 0 Å². The number of fused-ring (bicyclic) bond motifs is 3. The fraction of sp³-hybridized carbons (Fsp3) is 0. The predicted molar refractivity (Wildman–Crippen MR) is 64.0 cm³/mol. The third-order valence-corrected chi connectivity index (χ3v) is 3.58. The third kappa shape index (κ3) is 1.21. The van der Waals surface area contributed by atoms with Crippen LogP contribution in [0.15, 0.2) is 35.7 Å². The average molecular weight is 227 g/mol. The second-order valence-corrected chi connectivity index (χ2v) is 4.48. The number of nitrogens with zero attached hydrogens (tertiary/aromatic N) is 1. The van der Waals surface area contributed by atoms with Crippen molar-refractivity contribution in [2.45, 2.75) is 0 Å². The van der Waals surface area contributed by atoms with Crippen molar-refractivity contribution in [3.63, 3.8) is 0 Å². The molecule has 0 radical (unpaired) electrons. The molecule has 0 bridgehead atoms. The number of nitriles is 1. The summed E-state index contributed by atoms with van der Waals surface area (Å²) in [4.78, 5) is 0. The molecular weight excluding hydrogens is 221 g/mol. The molecule has 1 heterocycles. The lowest BCUT2D eigenvalue weighted by Crippen LogP contribution is -1.81. The number of halogens is 1. The summed E-state index contributed by atoms with van der Waals surface area (Å²) in [6.45, 7) is 0. The molecule has 3 heteroatoms. The highest BCUT2D eigenvalue weighted by atomic mass is 32.1. The van der Waals surface area contributed by atoms with Gasteiger partial charge in [-0.15, -0.1) is 11.3 Å². The quantitative estimate of drug-likeness (QED) is 0.568. The molecule has 16 heavy (non-hydrogen) atoms. The first-order valence-corrected chi connectivity index (χ1v) is 5.67. The summed E-state index contributed by atoms with van der Waals surface area (Å²) >= 11 is 1.51. The molecule has 0 atom stereocenters. The number of thiophene rings is 1. The number of hydrogen-bond acceptors (Lipinski definition) is 2. The van der Waals surface area contributed by atoms with E-state index in [1.165, 1.54) is 23.5 Å². The maximum atomic E-state index is 13.2. The summed E-state index contributed by atoms with van der Waals surface area (Å²) in [6.07, 6.45) is 0. The minimum atomic E-state index is -0.246. The Bertz CT molecular complexity index is 737. The summed E-state index contributed by atoms with van der Waals surface area (Å²) in [5.41, 5.74) is 0.657. The molecule has 0 saturated heterocycles. The summed E-state index contributed by atoms with van der Waals surface area (Å²) in [7, 11) is 0. The Balaban J connectivity index is 2.61. The van der Waals surface area contributed by atoms with E-state index in [2.05, 4.69) is 6.07 Å². The van der Waals surface area contributed by atoms with Crippen molar-refractivity contribution in [1.82, 2.24) is 0 Å². The summed E-state index contributed by atoms with van der Waals surface area (Å²) in [5, 5.41) is 13.7. The van der Waals surface area contributed by atoms with E-state index in [9.17, 15) is 4.39 Å². The standard InChI is InChI=1S/C13H6FNS/c14-10-2-1-8-5-9(7-15)13-11(3-4-16-13)12(8)6-10/h1-6H. The summed E-state index contributed by atoms with van der Waals surface area (Å²) in [6, 6.07) is 10.6. The molecular formula is C13H6FNS. The van der Waals surface area contributed by atoms with E-state index >= 15 is 0 Å². The highest BCUT2D eigenvalue weighted by molar-refractivity contribution is 7.17. The predicted octanol–water partition coefficient (Wildman–Crippen LogP) is 4.07. The molecule has 0 aliphatic rings. The minimum Gasteiger partial charge on any atom is -0.207 e. The lowest BCUT2D eigenvalue weighted by molar-refractivity contribution is 0.630. The Kier molecular flexibility index (Phi) is 1.92. The van der Waals surface area contributed by atoms with E-state index in [1.807, 2.05) is 17.5 Å². The van der Waals surface area contributed by atoms with Gasteiger partial charge in [0.1, 0.15) is 11.9 Å². The van der Waals surface area contributed by atoms with Crippen LogP contribution in [0, 0.1) is 17.1 Å². The zero-order chi connectivity index (χ0) is 11.1. The molecule has 0 amide bonds. The van der Waals surface area contributed by atoms with Gasteiger partial charge in [-0.05, 0) is 40.4 Å². The Labute approximate surface area is 95.4 Å². The van der Waals surface area contributed by atoms with Crippen LogP contribution in [0.1, 0.15) is 5.56 Å². The second-order valence-electron chi connectivity index (χ2n) is 3.56.